The van der Waals surface area contributed by atoms with Gasteiger partial charge in [0.1, 0.15) is 11.4 Å². The number of hydrogen-bond donors (Lipinski definition) is 2. The molecule has 0 atom stereocenters. The molecule has 2 N–H and O–H groups in total. The van der Waals surface area contributed by atoms with Crippen molar-refractivity contribution in [2.75, 3.05) is 6.61 Å². The second-order valence-electron chi connectivity index (χ2n) is 5.56. The molecule has 2 heterocycles. The monoisotopic (exact) mass is 341 g/mol. The van der Waals surface area contributed by atoms with Crippen molar-refractivity contribution in [1.82, 2.24) is 15.2 Å². The third-order valence-corrected chi connectivity index (χ3v) is 4.10. The number of thiocarbonyl (C=S) groups is 1. The molecule has 0 bridgehead atoms. The first-order chi connectivity index (χ1) is 11.5. The molecule has 1 aromatic heterocycles. The van der Waals surface area contributed by atoms with Gasteiger partial charge in [-0.25, -0.2) is 0 Å². The normalized spacial score (nSPS) is 15.5. The Hall–Kier alpha value is -2.60. The van der Waals surface area contributed by atoms with Crippen molar-refractivity contribution in [2.24, 2.45) is 0 Å². The molecule has 0 saturated carbocycles. The lowest BCUT2D eigenvalue weighted by molar-refractivity contribution is -0.115. The average molecular weight is 341 g/mol. The maximum absolute atomic E-state index is 11.8. The Bertz CT molecular complexity index is 835. The number of benzene rings is 1. The Morgan fingerprint density at radius 3 is 2.50 bits per heavy atom. The van der Waals surface area contributed by atoms with Gasteiger partial charge in [0.05, 0.1) is 6.61 Å². The molecule has 3 rings (SSSR count). The minimum atomic E-state index is -0.203. The van der Waals surface area contributed by atoms with Crippen LogP contribution >= 0.6 is 12.2 Å². The molecule has 2 aromatic rings. The molecule has 1 fully saturated rings. The van der Waals surface area contributed by atoms with Crippen molar-refractivity contribution in [3.63, 3.8) is 0 Å². The fourth-order valence-corrected chi connectivity index (χ4v) is 3.03. The molecule has 1 amide bonds. The second-order valence-corrected chi connectivity index (χ2v) is 5.96. The topological polar surface area (TPSA) is 55.3 Å². The lowest BCUT2D eigenvalue weighted by Crippen LogP contribution is -2.21. The van der Waals surface area contributed by atoms with Crippen molar-refractivity contribution < 1.29 is 9.53 Å². The number of nitrogens with zero attached hydrogens (tertiary/aromatic N) is 1. The van der Waals surface area contributed by atoms with E-state index < -0.39 is 0 Å². The first-order valence-electron chi connectivity index (χ1n) is 7.76. The summed E-state index contributed by atoms with van der Waals surface area (Å²) in [6, 6.07) is 10.0. The predicted octanol–water partition coefficient (Wildman–Crippen LogP) is 2.84. The van der Waals surface area contributed by atoms with E-state index in [4.69, 9.17) is 17.0 Å². The molecule has 0 spiro atoms. The van der Waals surface area contributed by atoms with E-state index in [0.29, 0.717) is 17.4 Å². The van der Waals surface area contributed by atoms with Gasteiger partial charge in [-0.1, -0.05) is 0 Å². The van der Waals surface area contributed by atoms with Gasteiger partial charge in [-0.15, -0.1) is 0 Å². The van der Waals surface area contributed by atoms with Crippen LogP contribution in [0.15, 0.2) is 36.0 Å². The van der Waals surface area contributed by atoms with E-state index >= 15 is 0 Å². The molecule has 0 aliphatic carbocycles. The van der Waals surface area contributed by atoms with Crippen molar-refractivity contribution in [1.29, 1.82) is 0 Å². The first-order valence-corrected chi connectivity index (χ1v) is 8.16. The van der Waals surface area contributed by atoms with E-state index in [1.807, 2.05) is 51.1 Å². The molecular weight excluding hydrogens is 322 g/mol. The summed E-state index contributed by atoms with van der Waals surface area (Å²) in [5, 5.41) is 5.79. The van der Waals surface area contributed by atoms with Crippen molar-refractivity contribution in [3.05, 3.63) is 53.0 Å². The van der Waals surface area contributed by atoms with Gasteiger partial charge in [0.25, 0.3) is 5.91 Å². The van der Waals surface area contributed by atoms with Gasteiger partial charge in [-0.3, -0.25) is 10.1 Å². The molecule has 6 heteroatoms. The third-order valence-electron chi connectivity index (χ3n) is 3.90. The summed E-state index contributed by atoms with van der Waals surface area (Å²) in [4.78, 5) is 11.8. The highest BCUT2D eigenvalue weighted by Crippen LogP contribution is 2.24. The summed E-state index contributed by atoms with van der Waals surface area (Å²) in [5.41, 5.74) is 4.63. The van der Waals surface area contributed by atoms with E-state index in [1.165, 1.54) is 0 Å². The molecule has 1 saturated heterocycles. The number of carbonyl (C=O) groups is 1. The average Bonchev–Trinajstić information content (AvgIpc) is 3.00. The number of nitrogens with one attached hydrogen (secondary N) is 2. The van der Waals surface area contributed by atoms with Crippen LogP contribution in [0.2, 0.25) is 0 Å². The minimum absolute atomic E-state index is 0.203. The molecule has 1 aliphatic rings. The SMILES string of the molecule is CCOc1ccc(-n2c(C)cc(/C=C3\NC(=S)NC3=O)c2C)cc1. The summed E-state index contributed by atoms with van der Waals surface area (Å²) >= 11 is 4.96. The minimum Gasteiger partial charge on any atom is -0.494 e. The highest BCUT2D eigenvalue weighted by molar-refractivity contribution is 7.80. The van der Waals surface area contributed by atoms with Crippen LogP contribution in [0.1, 0.15) is 23.9 Å². The van der Waals surface area contributed by atoms with Crippen LogP contribution in [0, 0.1) is 13.8 Å². The zero-order chi connectivity index (χ0) is 17.3. The molecule has 24 heavy (non-hydrogen) atoms. The van der Waals surface area contributed by atoms with Crippen LogP contribution in [-0.4, -0.2) is 22.2 Å². The quantitative estimate of drug-likeness (QED) is 0.663. The Morgan fingerprint density at radius 1 is 1.21 bits per heavy atom. The van der Waals surface area contributed by atoms with Gasteiger partial charge in [-0.2, -0.15) is 0 Å². The van der Waals surface area contributed by atoms with E-state index in [1.54, 1.807) is 0 Å². The second kappa shape index (κ2) is 6.49. The van der Waals surface area contributed by atoms with Crippen LogP contribution in [-0.2, 0) is 4.79 Å². The Balaban J connectivity index is 1.96. The van der Waals surface area contributed by atoms with Crippen LogP contribution in [0.25, 0.3) is 11.8 Å². The fraction of sp³-hybridized carbons (Fsp3) is 0.222. The molecule has 1 aliphatic heterocycles. The molecule has 124 valence electrons. The van der Waals surface area contributed by atoms with Gasteiger partial charge >= 0.3 is 0 Å². The first kappa shape index (κ1) is 16.3. The fourth-order valence-electron chi connectivity index (χ4n) is 2.83. The van der Waals surface area contributed by atoms with Crippen LogP contribution in [0.5, 0.6) is 5.75 Å². The standard InChI is InChI=1S/C18H19N3O2S/c1-4-23-15-7-5-14(6-8-15)21-11(2)9-13(12(21)3)10-16-17(22)20-18(24)19-16/h5-10H,4H2,1-3H3,(H2,19,20,22,24)/b16-10-. The Kier molecular flexibility index (Phi) is 4.40. The smallest absolute Gasteiger partial charge is 0.273 e. The zero-order valence-corrected chi connectivity index (χ0v) is 14.7. The van der Waals surface area contributed by atoms with Crippen molar-refractivity contribution in [3.8, 4) is 11.4 Å². The molecule has 1 aromatic carbocycles. The zero-order valence-electron chi connectivity index (χ0n) is 13.8. The summed E-state index contributed by atoms with van der Waals surface area (Å²) in [6.45, 7) is 6.68. The lowest BCUT2D eigenvalue weighted by atomic mass is 10.2. The van der Waals surface area contributed by atoms with Gasteiger partial charge < -0.3 is 14.6 Å². The Morgan fingerprint density at radius 2 is 1.92 bits per heavy atom. The van der Waals surface area contributed by atoms with Crippen LogP contribution in [0.3, 0.4) is 0 Å². The number of carbonyl (C=O) groups excluding carboxylic acids is 1. The van der Waals surface area contributed by atoms with Gasteiger partial charge in [0, 0.05) is 17.1 Å². The van der Waals surface area contributed by atoms with Crippen molar-refractivity contribution in [2.45, 2.75) is 20.8 Å². The van der Waals surface area contributed by atoms with E-state index in [0.717, 1.165) is 28.4 Å². The summed E-state index contributed by atoms with van der Waals surface area (Å²) < 4.78 is 7.64. The predicted molar refractivity (Wildman–Crippen MR) is 98.3 cm³/mol. The van der Waals surface area contributed by atoms with Crippen LogP contribution < -0.4 is 15.4 Å². The van der Waals surface area contributed by atoms with Crippen molar-refractivity contribution >= 4 is 29.3 Å². The number of aromatic nitrogens is 1. The molecular formula is C18H19N3O2S. The van der Waals surface area contributed by atoms with Gasteiger partial charge in [0.2, 0.25) is 0 Å². The molecule has 0 radical (unpaired) electrons. The van der Waals surface area contributed by atoms with Gasteiger partial charge in [-0.05, 0) is 75.0 Å². The number of aryl methyl sites for hydroxylation is 1. The van der Waals surface area contributed by atoms with E-state index in [2.05, 4.69) is 21.3 Å². The maximum atomic E-state index is 11.8. The largest absolute Gasteiger partial charge is 0.494 e. The number of rotatable bonds is 4. The Labute approximate surface area is 146 Å². The maximum Gasteiger partial charge on any atom is 0.273 e. The molecule has 5 nitrogen and oxygen atoms in total. The van der Waals surface area contributed by atoms with Crippen LogP contribution in [0.4, 0.5) is 0 Å². The van der Waals surface area contributed by atoms with E-state index in [9.17, 15) is 4.79 Å². The van der Waals surface area contributed by atoms with Gasteiger partial charge in [0.15, 0.2) is 5.11 Å². The lowest BCUT2D eigenvalue weighted by Gasteiger charge is -2.11. The highest BCUT2D eigenvalue weighted by Gasteiger charge is 2.21. The summed E-state index contributed by atoms with van der Waals surface area (Å²) in [7, 11) is 0. The van der Waals surface area contributed by atoms with E-state index in [-0.39, 0.29) is 5.91 Å². The number of hydrogen-bond acceptors (Lipinski definition) is 3. The summed E-state index contributed by atoms with van der Waals surface area (Å²) in [6.07, 6.45) is 1.82. The third kappa shape index (κ3) is 3.05. The summed E-state index contributed by atoms with van der Waals surface area (Å²) in [5.74, 6) is 0.650. The highest BCUT2D eigenvalue weighted by atomic mass is 32.1. The number of amides is 1. The number of ether oxygens (including phenoxy) is 1. The molecule has 0 unspecified atom stereocenters.